The first-order chi connectivity index (χ1) is 8.20. The van der Waals surface area contributed by atoms with E-state index < -0.39 is 29.8 Å². The van der Waals surface area contributed by atoms with Crippen LogP contribution in [0.25, 0.3) is 5.73 Å². The van der Waals surface area contributed by atoms with Gasteiger partial charge in [-0.15, -0.1) is 0 Å². The van der Waals surface area contributed by atoms with Gasteiger partial charge in [0, 0.05) is 12.8 Å². The van der Waals surface area contributed by atoms with E-state index in [2.05, 4.69) is 5.32 Å². The van der Waals surface area contributed by atoms with Crippen molar-refractivity contribution in [2.24, 2.45) is 5.92 Å². The first kappa shape index (κ1) is 14.8. The van der Waals surface area contributed by atoms with Crippen LogP contribution in [0.1, 0.15) is 39.5 Å². The minimum absolute atomic E-state index is 0.191. The van der Waals surface area contributed by atoms with Crippen molar-refractivity contribution in [2.75, 3.05) is 0 Å². The topological polar surface area (TPSA) is 76.7 Å². The van der Waals surface area contributed by atoms with Gasteiger partial charge in [0.15, 0.2) is 0 Å². The number of nitriles is 1. The summed E-state index contributed by atoms with van der Waals surface area (Å²) in [6, 6.07) is 0.407. The Balaban J connectivity index is 2.47. The molecule has 0 aromatic carbocycles. The molecule has 0 bridgehead atoms. The van der Waals surface area contributed by atoms with Gasteiger partial charge in [0.2, 0.25) is 11.8 Å². The molecule has 1 atom stereocenters. The van der Waals surface area contributed by atoms with Gasteiger partial charge in [0.1, 0.15) is 5.54 Å². The molecule has 4 nitrogen and oxygen atoms in total. The van der Waals surface area contributed by atoms with Crippen LogP contribution < -0.4 is 5.32 Å². The van der Waals surface area contributed by atoms with Crippen molar-refractivity contribution >= 4 is 5.91 Å². The second-order valence-electron chi connectivity index (χ2n) is 5.39. The highest BCUT2D eigenvalue weighted by molar-refractivity contribution is 5.84. The largest absolute Gasteiger partial charge is 0.667 e. The predicted molar refractivity (Wildman–Crippen MR) is 62.8 cm³/mol. The van der Waals surface area contributed by atoms with E-state index in [1.807, 2.05) is 6.07 Å². The molecule has 0 heterocycles. The zero-order valence-electron chi connectivity index (χ0n) is 10.6. The Morgan fingerprint density at radius 2 is 2.06 bits per heavy atom. The van der Waals surface area contributed by atoms with E-state index in [-0.39, 0.29) is 12.3 Å². The Kier molecular flexibility index (Phi) is 4.28. The van der Waals surface area contributed by atoms with Crippen LogP contribution in [0.5, 0.6) is 0 Å². The van der Waals surface area contributed by atoms with E-state index in [0.717, 1.165) is 0 Å². The van der Waals surface area contributed by atoms with Crippen molar-refractivity contribution in [3.8, 4) is 6.07 Å². The fourth-order valence-electron chi connectivity index (χ4n) is 1.78. The molecule has 0 aromatic rings. The fraction of sp³-hybridized carbons (Fsp3) is 0.833. The Hall–Kier alpha value is -1.22. The van der Waals surface area contributed by atoms with Gasteiger partial charge >= 0.3 is 0 Å². The number of alkyl halides is 2. The molecule has 0 unspecified atom stereocenters. The summed E-state index contributed by atoms with van der Waals surface area (Å²) in [7, 11) is 0. The van der Waals surface area contributed by atoms with Crippen LogP contribution in [0.2, 0.25) is 0 Å². The minimum Gasteiger partial charge on any atom is -0.667 e. The quantitative estimate of drug-likeness (QED) is 0.795. The van der Waals surface area contributed by atoms with Crippen molar-refractivity contribution in [1.82, 2.24) is 5.32 Å². The maximum absolute atomic E-state index is 13.5. The molecule has 0 aromatic heterocycles. The van der Waals surface area contributed by atoms with Gasteiger partial charge in [0.05, 0.1) is 6.07 Å². The lowest BCUT2D eigenvalue weighted by Gasteiger charge is -2.27. The van der Waals surface area contributed by atoms with E-state index in [9.17, 15) is 13.6 Å². The van der Waals surface area contributed by atoms with E-state index in [4.69, 9.17) is 11.0 Å². The third-order valence-corrected chi connectivity index (χ3v) is 2.85. The zero-order valence-corrected chi connectivity index (χ0v) is 10.6. The van der Waals surface area contributed by atoms with Crippen molar-refractivity contribution in [1.29, 1.82) is 5.26 Å². The number of halogens is 2. The molecule has 1 fully saturated rings. The first-order valence-corrected chi connectivity index (χ1v) is 6.02. The Morgan fingerprint density at radius 1 is 1.50 bits per heavy atom. The molecule has 1 saturated carbocycles. The summed E-state index contributed by atoms with van der Waals surface area (Å²) >= 11 is 0. The molecule has 6 heteroatoms. The SMILES string of the molecule is CC(C)CC(F)(F)C[C@H]([NH-])C(=O)NC1(C#N)CC1. The van der Waals surface area contributed by atoms with Crippen LogP contribution >= 0.6 is 0 Å². The summed E-state index contributed by atoms with van der Waals surface area (Å²) in [5.74, 6) is -3.98. The van der Waals surface area contributed by atoms with E-state index in [0.29, 0.717) is 12.8 Å². The summed E-state index contributed by atoms with van der Waals surface area (Å²) in [5, 5.41) is 11.1. The van der Waals surface area contributed by atoms with Gasteiger partial charge < -0.3 is 11.1 Å². The van der Waals surface area contributed by atoms with Crippen molar-refractivity contribution < 1.29 is 13.6 Å². The van der Waals surface area contributed by atoms with Crippen molar-refractivity contribution in [2.45, 2.75) is 57.0 Å². The van der Waals surface area contributed by atoms with Gasteiger partial charge in [-0.1, -0.05) is 19.9 Å². The smallest absolute Gasteiger partial charge is 0.247 e. The highest BCUT2D eigenvalue weighted by atomic mass is 19.3. The number of nitrogens with one attached hydrogen (secondary N) is 2. The summed E-state index contributed by atoms with van der Waals surface area (Å²) < 4.78 is 26.9. The summed E-state index contributed by atoms with van der Waals surface area (Å²) in [6.07, 6.45) is -0.0632. The second-order valence-corrected chi connectivity index (χ2v) is 5.39. The second kappa shape index (κ2) is 5.19. The molecule has 0 radical (unpaired) electrons. The monoisotopic (exact) mass is 258 g/mol. The van der Waals surface area contributed by atoms with Gasteiger partial charge in [-0.25, -0.2) is 8.78 Å². The summed E-state index contributed by atoms with van der Waals surface area (Å²) in [4.78, 5) is 11.5. The number of rotatable bonds is 6. The summed E-state index contributed by atoms with van der Waals surface area (Å²) in [5.41, 5.74) is 6.56. The Morgan fingerprint density at radius 3 is 2.44 bits per heavy atom. The van der Waals surface area contributed by atoms with Crippen LogP contribution in [0.4, 0.5) is 8.78 Å². The van der Waals surface area contributed by atoms with Gasteiger partial charge in [-0.2, -0.15) is 5.26 Å². The predicted octanol–water partition coefficient (Wildman–Crippen LogP) is 2.65. The lowest BCUT2D eigenvalue weighted by molar-refractivity contribution is -0.124. The van der Waals surface area contributed by atoms with E-state index in [1.165, 1.54) is 0 Å². The molecule has 0 saturated heterocycles. The fourth-order valence-corrected chi connectivity index (χ4v) is 1.78. The number of carbonyl (C=O) groups is 1. The van der Waals surface area contributed by atoms with Gasteiger partial charge in [0.25, 0.3) is 0 Å². The highest BCUT2D eigenvalue weighted by Gasteiger charge is 2.45. The minimum atomic E-state index is -3.01. The third kappa shape index (κ3) is 4.22. The van der Waals surface area contributed by atoms with Crippen LogP contribution in [-0.4, -0.2) is 23.4 Å². The number of hydrogen-bond acceptors (Lipinski definition) is 2. The molecule has 1 aliphatic rings. The molecular weight excluding hydrogens is 240 g/mol. The van der Waals surface area contributed by atoms with Crippen molar-refractivity contribution in [3.63, 3.8) is 0 Å². The van der Waals surface area contributed by atoms with E-state index >= 15 is 0 Å². The molecule has 1 aliphatic carbocycles. The molecule has 0 aliphatic heterocycles. The Bertz CT molecular complexity index is 359. The third-order valence-electron chi connectivity index (χ3n) is 2.85. The van der Waals surface area contributed by atoms with Gasteiger partial charge in [-0.05, 0) is 18.8 Å². The van der Waals surface area contributed by atoms with E-state index in [1.54, 1.807) is 13.8 Å². The normalized spacial score (nSPS) is 19.2. The molecule has 1 amide bonds. The highest BCUT2D eigenvalue weighted by Crippen LogP contribution is 2.35. The maximum atomic E-state index is 13.5. The molecule has 18 heavy (non-hydrogen) atoms. The molecule has 1 rings (SSSR count). The van der Waals surface area contributed by atoms with Crippen molar-refractivity contribution in [3.05, 3.63) is 5.73 Å². The lowest BCUT2D eigenvalue weighted by atomic mass is 9.99. The summed E-state index contributed by atoms with van der Waals surface area (Å²) in [6.45, 7) is 3.34. The standard InChI is InChI=1S/C12H18F2N3O/c1-8(2)5-12(13,14)6-9(16)10(18)17-11(7-15)3-4-11/h8-9,16H,3-6H2,1-2H3,(H,17,18)/q-1/t9-/m0/s1. The molecule has 0 spiro atoms. The lowest BCUT2D eigenvalue weighted by Crippen LogP contribution is -2.43. The van der Waals surface area contributed by atoms with Gasteiger partial charge in [-0.3, -0.25) is 4.79 Å². The van der Waals surface area contributed by atoms with Crippen LogP contribution in [0, 0.1) is 17.2 Å². The first-order valence-electron chi connectivity index (χ1n) is 6.02. The Labute approximate surface area is 106 Å². The number of hydrogen-bond donors (Lipinski definition) is 1. The van der Waals surface area contributed by atoms with Crippen LogP contribution in [-0.2, 0) is 4.79 Å². The number of amides is 1. The average molecular weight is 258 g/mol. The maximum Gasteiger partial charge on any atom is 0.247 e. The number of carbonyl (C=O) groups excluding carboxylic acids is 1. The zero-order chi connectivity index (χ0) is 14.0. The van der Waals surface area contributed by atoms with Crippen LogP contribution in [0.3, 0.4) is 0 Å². The number of nitrogens with zero attached hydrogens (tertiary/aromatic N) is 1. The molecule has 102 valence electrons. The average Bonchev–Trinajstić information content (AvgIpc) is 2.95. The van der Waals surface area contributed by atoms with Crippen LogP contribution in [0.15, 0.2) is 0 Å². The molecule has 2 N–H and O–H groups in total. The molecular formula is C12H18F2N3O-.